The zero-order chi connectivity index (χ0) is 14.3. The minimum absolute atomic E-state index is 0.100. The van der Waals surface area contributed by atoms with Gasteiger partial charge in [-0.15, -0.1) is 0 Å². The van der Waals surface area contributed by atoms with Crippen LogP contribution in [-0.2, 0) is 0 Å². The molecule has 0 amide bonds. The van der Waals surface area contributed by atoms with E-state index >= 15 is 0 Å². The summed E-state index contributed by atoms with van der Waals surface area (Å²) >= 11 is 0. The second kappa shape index (κ2) is 7.75. The Morgan fingerprint density at radius 2 is 2.26 bits per heavy atom. The quantitative estimate of drug-likeness (QED) is 0.517. The Morgan fingerprint density at radius 3 is 2.84 bits per heavy atom. The lowest BCUT2D eigenvalue weighted by Gasteiger charge is -2.25. The lowest BCUT2D eigenvalue weighted by molar-refractivity contribution is 0.222. The van der Waals surface area contributed by atoms with Crippen LogP contribution in [0.5, 0.6) is 5.75 Å². The zero-order valence-electron chi connectivity index (χ0n) is 11.7. The van der Waals surface area contributed by atoms with Crippen molar-refractivity contribution in [2.24, 2.45) is 5.92 Å². The van der Waals surface area contributed by atoms with Crippen molar-refractivity contribution in [1.29, 1.82) is 0 Å². The summed E-state index contributed by atoms with van der Waals surface area (Å²) < 4.78 is 0. The number of nitrogens with zero attached hydrogens (tertiary/aromatic N) is 2. The summed E-state index contributed by atoms with van der Waals surface area (Å²) in [5, 5.41) is 12.4. The van der Waals surface area contributed by atoms with Crippen LogP contribution in [0.1, 0.15) is 26.7 Å². The number of anilines is 2. The van der Waals surface area contributed by atoms with Gasteiger partial charge in [0, 0.05) is 19.7 Å². The van der Waals surface area contributed by atoms with Gasteiger partial charge in [-0.3, -0.25) is 0 Å². The Morgan fingerprint density at radius 1 is 1.53 bits per heavy atom. The fraction of sp³-hybridized carbons (Fsp3) is 0.667. The first-order valence-electron chi connectivity index (χ1n) is 6.45. The van der Waals surface area contributed by atoms with Gasteiger partial charge in [0.25, 0.3) is 0 Å². The van der Waals surface area contributed by atoms with Gasteiger partial charge >= 0.3 is 0 Å². The first kappa shape index (κ1) is 15.5. The van der Waals surface area contributed by atoms with Crippen molar-refractivity contribution in [2.75, 3.05) is 24.7 Å². The van der Waals surface area contributed by atoms with E-state index < -0.39 is 0 Å². The maximum absolute atomic E-state index is 9.15. The molecule has 19 heavy (non-hydrogen) atoms. The lowest BCUT2D eigenvalue weighted by Crippen LogP contribution is -2.29. The molecule has 2 atom stereocenters. The fourth-order valence-electron chi connectivity index (χ4n) is 1.77. The summed E-state index contributed by atoms with van der Waals surface area (Å²) in [4.78, 5) is 13.3. The van der Waals surface area contributed by atoms with Crippen LogP contribution < -0.4 is 21.4 Å². The Labute approximate surface area is 113 Å². The van der Waals surface area contributed by atoms with Gasteiger partial charge in [0.05, 0.1) is 6.20 Å². The van der Waals surface area contributed by atoms with Crippen LogP contribution >= 0.6 is 0 Å². The van der Waals surface area contributed by atoms with Crippen LogP contribution in [0, 0.1) is 5.92 Å². The molecule has 0 fully saturated rings. The average Bonchev–Trinajstić information content (AvgIpc) is 2.40. The van der Waals surface area contributed by atoms with Crippen LogP contribution in [0.15, 0.2) is 6.20 Å². The van der Waals surface area contributed by atoms with Crippen molar-refractivity contribution in [3.8, 4) is 5.75 Å². The number of aliphatic hydroxyl groups is 1. The highest BCUT2D eigenvalue weighted by Gasteiger charge is 2.18. The number of nitrogens with two attached hydrogens (primary N) is 1. The third-order valence-electron chi connectivity index (χ3n) is 3.08. The van der Waals surface area contributed by atoms with Crippen molar-refractivity contribution < 1.29 is 9.94 Å². The van der Waals surface area contributed by atoms with Gasteiger partial charge in [0.1, 0.15) is 0 Å². The third kappa shape index (κ3) is 4.53. The molecule has 108 valence electrons. The molecule has 1 heterocycles. The predicted molar refractivity (Wildman–Crippen MR) is 74.7 cm³/mol. The second-order valence-electron chi connectivity index (χ2n) is 4.40. The summed E-state index contributed by atoms with van der Waals surface area (Å²) in [5.74, 6) is 1.58. The summed E-state index contributed by atoms with van der Waals surface area (Å²) in [6.07, 6.45) is 3.14. The van der Waals surface area contributed by atoms with E-state index in [-0.39, 0.29) is 18.6 Å². The number of aliphatic hydroxyl groups excluding tert-OH is 1. The van der Waals surface area contributed by atoms with Crippen LogP contribution in [0.3, 0.4) is 0 Å². The molecule has 0 saturated carbocycles. The lowest BCUT2D eigenvalue weighted by atomic mass is 9.96. The number of nitrogen functional groups attached to an aromatic ring is 1. The molecule has 0 aromatic carbocycles. The molecule has 0 spiro atoms. The van der Waals surface area contributed by atoms with Crippen molar-refractivity contribution >= 4 is 11.8 Å². The van der Waals surface area contributed by atoms with E-state index in [2.05, 4.69) is 34.6 Å². The number of aromatic nitrogens is 2. The summed E-state index contributed by atoms with van der Waals surface area (Å²) in [7, 11) is 1.65. The first-order chi connectivity index (χ1) is 9.12. The summed E-state index contributed by atoms with van der Waals surface area (Å²) in [6, 6.07) is 0.100. The van der Waals surface area contributed by atoms with E-state index in [1.807, 2.05) is 0 Å². The van der Waals surface area contributed by atoms with Crippen molar-refractivity contribution in [3.63, 3.8) is 0 Å². The molecule has 7 heteroatoms. The fourth-order valence-corrected chi connectivity index (χ4v) is 1.77. The molecule has 7 nitrogen and oxygen atoms in total. The molecule has 0 aliphatic carbocycles. The maximum Gasteiger partial charge on any atom is 0.222 e. The SMILES string of the molecule is CCC(C)C(CCO)Nc1nc(N)ncc1ONC. The number of nitrogens with one attached hydrogen (secondary N) is 2. The Kier molecular flexibility index (Phi) is 6.31. The van der Waals surface area contributed by atoms with Gasteiger partial charge in [-0.25, -0.2) is 4.98 Å². The van der Waals surface area contributed by atoms with Crippen LogP contribution in [0.25, 0.3) is 0 Å². The van der Waals surface area contributed by atoms with E-state index in [1.165, 1.54) is 6.20 Å². The standard InChI is InChI=1S/C12H23N5O2/c1-4-8(2)9(5-6-18)16-11-10(19-14-3)7-15-12(13)17-11/h7-9,14,18H,4-6H2,1-3H3,(H3,13,15,16,17). The molecule has 2 unspecified atom stereocenters. The van der Waals surface area contributed by atoms with E-state index in [0.717, 1.165) is 6.42 Å². The normalized spacial score (nSPS) is 13.9. The van der Waals surface area contributed by atoms with Gasteiger partial charge < -0.3 is 21.0 Å². The van der Waals surface area contributed by atoms with E-state index in [4.69, 9.17) is 15.7 Å². The molecule has 0 aliphatic heterocycles. The molecule has 0 radical (unpaired) electrons. The highest BCUT2D eigenvalue weighted by atomic mass is 16.6. The number of hydrogen-bond donors (Lipinski definition) is 4. The third-order valence-corrected chi connectivity index (χ3v) is 3.08. The van der Waals surface area contributed by atoms with E-state index in [0.29, 0.717) is 23.9 Å². The highest BCUT2D eigenvalue weighted by Crippen LogP contribution is 2.24. The Hall–Kier alpha value is -1.60. The van der Waals surface area contributed by atoms with Crippen molar-refractivity contribution in [3.05, 3.63) is 6.20 Å². The molecule has 0 aliphatic rings. The van der Waals surface area contributed by atoms with E-state index in [9.17, 15) is 0 Å². The summed E-state index contributed by atoms with van der Waals surface area (Å²) in [6.45, 7) is 4.34. The highest BCUT2D eigenvalue weighted by molar-refractivity contribution is 5.51. The number of hydrogen-bond acceptors (Lipinski definition) is 7. The minimum atomic E-state index is 0.100. The second-order valence-corrected chi connectivity index (χ2v) is 4.40. The monoisotopic (exact) mass is 269 g/mol. The number of hydroxylamine groups is 1. The smallest absolute Gasteiger partial charge is 0.222 e. The van der Waals surface area contributed by atoms with Crippen molar-refractivity contribution in [1.82, 2.24) is 15.4 Å². The van der Waals surface area contributed by atoms with Crippen LogP contribution in [0.2, 0.25) is 0 Å². The molecule has 1 aromatic rings. The Balaban J connectivity index is 2.90. The van der Waals surface area contributed by atoms with Gasteiger partial charge in [-0.2, -0.15) is 10.5 Å². The predicted octanol–water partition coefficient (Wildman–Crippen LogP) is 0.781. The molecule has 1 rings (SSSR count). The molecule has 5 N–H and O–H groups in total. The molecule has 0 saturated heterocycles. The van der Waals surface area contributed by atoms with E-state index in [1.54, 1.807) is 7.05 Å². The minimum Gasteiger partial charge on any atom is -0.403 e. The molecule has 1 aromatic heterocycles. The molecule has 0 bridgehead atoms. The number of rotatable bonds is 8. The van der Waals surface area contributed by atoms with Gasteiger partial charge in [-0.05, 0) is 12.3 Å². The average molecular weight is 269 g/mol. The van der Waals surface area contributed by atoms with Gasteiger partial charge in [-0.1, -0.05) is 20.3 Å². The largest absolute Gasteiger partial charge is 0.403 e. The van der Waals surface area contributed by atoms with Gasteiger partial charge in [0.15, 0.2) is 5.82 Å². The zero-order valence-corrected chi connectivity index (χ0v) is 11.7. The van der Waals surface area contributed by atoms with Crippen LogP contribution in [0.4, 0.5) is 11.8 Å². The first-order valence-corrected chi connectivity index (χ1v) is 6.45. The topological polar surface area (TPSA) is 105 Å². The van der Waals surface area contributed by atoms with Crippen molar-refractivity contribution in [2.45, 2.75) is 32.7 Å². The summed E-state index contributed by atoms with van der Waals surface area (Å²) in [5.41, 5.74) is 8.18. The maximum atomic E-state index is 9.15. The molecular formula is C12H23N5O2. The Bertz CT molecular complexity index is 388. The molecular weight excluding hydrogens is 246 g/mol. The van der Waals surface area contributed by atoms with Crippen LogP contribution in [-0.4, -0.2) is 34.8 Å². The van der Waals surface area contributed by atoms with Gasteiger partial charge in [0.2, 0.25) is 11.7 Å².